The number of rotatable bonds is 2. The number of carbonyl (C=O) groups excluding carboxylic acids is 1. The number of amides is 1. The van der Waals surface area contributed by atoms with Gasteiger partial charge in [0.05, 0.1) is 6.04 Å². The van der Waals surface area contributed by atoms with Gasteiger partial charge in [-0.3, -0.25) is 4.79 Å². The molecule has 3 N–H and O–H groups in total. The van der Waals surface area contributed by atoms with E-state index in [1.807, 2.05) is 0 Å². The van der Waals surface area contributed by atoms with Gasteiger partial charge < -0.3 is 11.1 Å². The molecule has 3 heteroatoms. The lowest BCUT2D eigenvalue weighted by atomic mass is 9.43. The Kier molecular flexibility index (Phi) is 2.42. The van der Waals surface area contributed by atoms with Gasteiger partial charge in [-0.15, -0.1) is 0 Å². The van der Waals surface area contributed by atoms with Crippen LogP contribution in [0.25, 0.3) is 0 Å². The van der Waals surface area contributed by atoms with E-state index in [4.69, 9.17) is 5.73 Å². The summed E-state index contributed by atoms with van der Waals surface area (Å²) in [7, 11) is 0. The van der Waals surface area contributed by atoms with Crippen molar-refractivity contribution >= 4 is 5.91 Å². The third-order valence-corrected chi connectivity index (χ3v) is 5.43. The van der Waals surface area contributed by atoms with Crippen LogP contribution in [0.3, 0.4) is 0 Å². The smallest absolute Gasteiger partial charge is 0.237 e. The molecule has 18 heavy (non-hydrogen) atoms. The highest BCUT2D eigenvalue weighted by molar-refractivity contribution is 5.81. The molecule has 4 bridgehead atoms. The number of hydrogen-bond donors (Lipinski definition) is 2. The van der Waals surface area contributed by atoms with Gasteiger partial charge in [0, 0.05) is 5.54 Å². The lowest BCUT2D eigenvalue weighted by Gasteiger charge is -2.65. The van der Waals surface area contributed by atoms with E-state index in [0.29, 0.717) is 10.8 Å². The molecule has 0 spiro atoms. The minimum absolute atomic E-state index is 0.0316. The van der Waals surface area contributed by atoms with E-state index >= 15 is 0 Å². The van der Waals surface area contributed by atoms with Gasteiger partial charge in [-0.05, 0) is 62.2 Å². The van der Waals surface area contributed by atoms with Crippen molar-refractivity contribution < 1.29 is 4.79 Å². The maximum absolute atomic E-state index is 12.0. The Morgan fingerprint density at radius 2 is 1.72 bits per heavy atom. The molecule has 0 saturated heterocycles. The van der Waals surface area contributed by atoms with Gasteiger partial charge in [-0.2, -0.15) is 0 Å². The summed E-state index contributed by atoms with van der Waals surface area (Å²) >= 11 is 0. The zero-order chi connectivity index (χ0) is 13.2. The topological polar surface area (TPSA) is 55.1 Å². The maximum atomic E-state index is 12.0. The van der Waals surface area contributed by atoms with E-state index in [9.17, 15) is 4.79 Å². The molecular formula is C15H26N2O. The maximum Gasteiger partial charge on any atom is 0.237 e. The molecule has 4 aliphatic rings. The van der Waals surface area contributed by atoms with Crippen LogP contribution in [-0.4, -0.2) is 17.5 Å². The first-order valence-electron chi connectivity index (χ1n) is 7.31. The van der Waals surface area contributed by atoms with Crippen LogP contribution in [0.5, 0.6) is 0 Å². The van der Waals surface area contributed by atoms with Crippen molar-refractivity contribution in [2.24, 2.45) is 22.5 Å². The molecule has 4 fully saturated rings. The number of nitrogens with one attached hydrogen (secondary N) is 1. The molecule has 0 heterocycles. The molecule has 4 rings (SSSR count). The zero-order valence-electron chi connectivity index (χ0n) is 11.9. The molecule has 0 radical (unpaired) electrons. The lowest BCUT2D eigenvalue weighted by molar-refractivity contribution is -0.140. The van der Waals surface area contributed by atoms with Gasteiger partial charge in [-0.25, -0.2) is 0 Å². The average Bonchev–Trinajstić information content (AvgIpc) is 2.09. The SMILES string of the molecule is C[C@H](N)C(=O)NC12CC3CC(C)(CC(C)(C3)C1)C2. The summed E-state index contributed by atoms with van der Waals surface area (Å²) < 4.78 is 0. The molecule has 2 unspecified atom stereocenters. The van der Waals surface area contributed by atoms with Gasteiger partial charge in [0.15, 0.2) is 0 Å². The van der Waals surface area contributed by atoms with Crippen LogP contribution in [0, 0.1) is 16.7 Å². The van der Waals surface area contributed by atoms with Crippen LogP contribution < -0.4 is 11.1 Å². The third-order valence-electron chi connectivity index (χ3n) is 5.43. The average molecular weight is 250 g/mol. The van der Waals surface area contributed by atoms with E-state index in [2.05, 4.69) is 19.2 Å². The van der Waals surface area contributed by atoms with Crippen molar-refractivity contribution in [2.45, 2.75) is 70.9 Å². The van der Waals surface area contributed by atoms with Crippen molar-refractivity contribution in [1.29, 1.82) is 0 Å². The molecule has 4 aliphatic carbocycles. The van der Waals surface area contributed by atoms with Crippen molar-refractivity contribution in [2.75, 3.05) is 0 Å². The molecule has 1 amide bonds. The molecule has 0 aromatic carbocycles. The van der Waals surface area contributed by atoms with Crippen molar-refractivity contribution in [3.8, 4) is 0 Å². The lowest BCUT2D eigenvalue weighted by Crippen LogP contribution is -2.66. The normalized spacial score (nSPS) is 51.2. The summed E-state index contributed by atoms with van der Waals surface area (Å²) in [4.78, 5) is 12.0. The van der Waals surface area contributed by atoms with Crippen LogP contribution in [0.15, 0.2) is 0 Å². The number of hydrogen-bond acceptors (Lipinski definition) is 2. The van der Waals surface area contributed by atoms with Crippen molar-refractivity contribution in [1.82, 2.24) is 5.32 Å². The standard InChI is InChI=1S/C15H26N2O/c1-10(16)12(18)17-15-6-11-4-13(2,8-15)7-14(3,5-11)9-15/h10-11H,4-9,16H2,1-3H3,(H,17,18)/t10-,11?,13?,14?,15?/m0/s1. The van der Waals surface area contributed by atoms with E-state index in [-0.39, 0.29) is 11.4 Å². The molecule has 0 aliphatic heterocycles. The highest BCUT2D eigenvalue weighted by Gasteiger charge is 2.60. The predicted octanol–water partition coefficient (Wildman–Crippen LogP) is 2.20. The quantitative estimate of drug-likeness (QED) is 0.789. The molecule has 0 aromatic heterocycles. The second-order valence-electron chi connectivity index (χ2n) is 8.19. The Bertz CT molecular complexity index is 372. The summed E-state index contributed by atoms with van der Waals surface area (Å²) in [6, 6.07) is -0.390. The largest absolute Gasteiger partial charge is 0.349 e. The summed E-state index contributed by atoms with van der Waals surface area (Å²) in [6.07, 6.45) is 7.55. The summed E-state index contributed by atoms with van der Waals surface area (Å²) in [5.41, 5.74) is 6.66. The van der Waals surface area contributed by atoms with Crippen molar-refractivity contribution in [3.05, 3.63) is 0 Å². The fraction of sp³-hybridized carbons (Fsp3) is 0.933. The predicted molar refractivity (Wildman–Crippen MR) is 71.9 cm³/mol. The number of nitrogens with two attached hydrogens (primary N) is 1. The first-order chi connectivity index (χ1) is 8.23. The zero-order valence-corrected chi connectivity index (χ0v) is 11.9. The highest BCUT2D eigenvalue weighted by atomic mass is 16.2. The van der Waals surface area contributed by atoms with E-state index in [0.717, 1.165) is 18.8 Å². The van der Waals surface area contributed by atoms with Crippen LogP contribution in [0.2, 0.25) is 0 Å². The van der Waals surface area contributed by atoms with E-state index in [1.165, 1.54) is 25.7 Å². The minimum Gasteiger partial charge on any atom is -0.349 e. The Morgan fingerprint density at radius 1 is 1.17 bits per heavy atom. The fourth-order valence-corrected chi connectivity index (χ4v) is 5.96. The van der Waals surface area contributed by atoms with Gasteiger partial charge in [0.1, 0.15) is 0 Å². The first-order valence-corrected chi connectivity index (χ1v) is 7.31. The summed E-state index contributed by atoms with van der Waals surface area (Å²) in [5.74, 6) is 0.841. The van der Waals surface area contributed by atoms with Gasteiger partial charge in [-0.1, -0.05) is 13.8 Å². The second kappa shape index (κ2) is 3.50. The molecule has 3 atom stereocenters. The highest BCUT2D eigenvalue weighted by Crippen LogP contribution is 2.66. The van der Waals surface area contributed by atoms with Crippen molar-refractivity contribution in [3.63, 3.8) is 0 Å². The van der Waals surface area contributed by atoms with Gasteiger partial charge in [0.25, 0.3) is 0 Å². The van der Waals surface area contributed by atoms with Crippen LogP contribution in [0.1, 0.15) is 59.3 Å². The molecule has 0 aromatic rings. The molecular weight excluding hydrogens is 224 g/mol. The van der Waals surface area contributed by atoms with Crippen LogP contribution in [0.4, 0.5) is 0 Å². The fourth-order valence-electron chi connectivity index (χ4n) is 5.96. The van der Waals surface area contributed by atoms with Gasteiger partial charge in [0.2, 0.25) is 5.91 Å². The second-order valence-corrected chi connectivity index (χ2v) is 8.19. The summed E-state index contributed by atoms with van der Waals surface area (Å²) in [5, 5.41) is 3.31. The van der Waals surface area contributed by atoms with E-state index < -0.39 is 6.04 Å². The van der Waals surface area contributed by atoms with Crippen LogP contribution >= 0.6 is 0 Å². The monoisotopic (exact) mass is 250 g/mol. The molecule has 4 saturated carbocycles. The Labute approximate surface area is 110 Å². The Hall–Kier alpha value is -0.570. The van der Waals surface area contributed by atoms with E-state index in [1.54, 1.807) is 6.92 Å². The molecule has 3 nitrogen and oxygen atoms in total. The van der Waals surface area contributed by atoms with Crippen LogP contribution in [-0.2, 0) is 4.79 Å². The Balaban J connectivity index is 1.87. The minimum atomic E-state index is -0.390. The Morgan fingerprint density at radius 3 is 2.17 bits per heavy atom. The number of carbonyl (C=O) groups is 1. The first kappa shape index (κ1) is 12.5. The van der Waals surface area contributed by atoms with Gasteiger partial charge >= 0.3 is 0 Å². The third kappa shape index (κ3) is 1.87. The summed E-state index contributed by atoms with van der Waals surface area (Å²) in [6.45, 7) is 6.62. The molecule has 102 valence electrons.